The Labute approximate surface area is 127 Å². The van der Waals surface area contributed by atoms with E-state index in [1.165, 1.54) is 31.3 Å². The summed E-state index contributed by atoms with van der Waals surface area (Å²) in [6, 6.07) is 8.55. The Morgan fingerprint density at radius 3 is 2.73 bits per heavy atom. The van der Waals surface area contributed by atoms with Crippen LogP contribution in [0.3, 0.4) is 0 Å². The van der Waals surface area contributed by atoms with Gasteiger partial charge in [0.05, 0.1) is 0 Å². The second-order valence-corrected chi connectivity index (χ2v) is 6.28. The molecule has 0 saturated carbocycles. The minimum atomic E-state index is -3.72. The molecule has 22 heavy (non-hydrogen) atoms. The zero-order chi connectivity index (χ0) is 16.2. The third kappa shape index (κ3) is 3.92. The van der Waals surface area contributed by atoms with Crippen molar-refractivity contribution in [2.75, 3.05) is 13.6 Å². The quantitative estimate of drug-likeness (QED) is 0.837. The number of carbonyl (C=O) groups excluding carboxylic acids is 1. The standard InChI is InChI=1S/C14H15FN2O4S/c1-16-22(19,20)13-6-5-12(21-13)14(18)17-8-7-10-3-2-4-11(15)9-10/h2-6,9,16H,7-8H2,1H3,(H,17,18). The molecule has 1 aromatic carbocycles. The van der Waals surface area contributed by atoms with Crippen LogP contribution in [0.2, 0.25) is 0 Å². The number of nitrogens with one attached hydrogen (secondary N) is 2. The van der Waals surface area contributed by atoms with Gasteiger partial charge >= 0.3 is 0 Å². The van der Waals surface area contributed by atoms with E-state index >= 15 is 0 Å². The van der Waals surface area contributed by atoms with Gasteiger partial charge in [-0.3, -0.25) is 4.79 Å². The van der Waals surface area contributed by atoms with Crippen molar-refractivity contribution < 1.29 is 22.0 Å². The van der Waals surface area contributed by atoms with Gasteiger partial charge in [-0.05, 0) is 43.3 Å². The van der Waals surface area contributed by atoms with Crippen LogP contribution in [0.1, 0.15) is 16.1 Å². The summed E-state index contributed by atoms with van der Waals surface area (Å²) in [5.41, 5.74) is 0.748. The van der Waals surface area contributed by atoms with Crippen LogP contribution in [0.5, 0.6) is 0 Å². The first-order valence-electron chi connectivity index (χ1n) is 6.48. The largest absolute Gasteiger partial charge is 0.438 e. The van der Waals surface area contributed by atoms with Gasteiger partial charge < -0.3 is 9.73 Å². The van der Waals surface area contributed by atoms with Gasteiger partial charge in [-0.15, -0.1) is 0 Å². The highest BCUT2D eigenvalue weighted by atomic mass is 32.2. The number of benzene rings is 1. The number of sulfonamides is 1. The van der Waals surface area contributed by atoms with Gasteiger partial charge in [-0.2, -0.15) is 0 Å². The Morgan fingerprint density at radius 1 is 1.27 bits per heavy atom. The molecule has 0 radical (unpaired) electrons. The lowest BCUT2D eigenvalue weighted by atomic mass is 10.1. The molecule has 0 unspecified atom stereocenters. The summed E-state index contributed by atoms with van der Waals surface area (Å²) < 4.78 is 43.1. The number of rotatable bonds is 6. The zero-order valence-electron chi connectivity index (χ0n) is 11.8. The van der Waals surface area contributed by atoms with Crippen LogP contribution in [0.15, 0.2) is 45.9 Å². The molecule has 6 nitrogen and oxygen atoms in total. The van der Waals surface area contributed by atoms with Crippen LogP contribution >= 0.6 is 0 Å². The van der Waals surface area contributed by atoms with Crippen LogP contribution in [0.4, 0.5) is 4.39 Å². The average molecular weight is 326 g/mol. The van der Waals surface area contributed by atoms with E-state index in [-0.39, 0.29) is 23.2 Å². The van der Waals surface area contributed by atoms with Gasteiger partial charge in [0.25, 0.3) is 15.9 Å². The molecule has 0 fully saturated rings. The van der Waals surface area contributed by atoms with Gasteiger partial charge in [-0.25, -0.2) is 17.5 Å². The molecule has 0 atom stereocenters. The van der Waals surface area contributed by atoms with E-state index in [0.29, 0.717) is 6.42 Å². The zero-order valence-corrected chi connectivity index (χ0v) is 12.6. The van der Waals surface area contributed by atoms with E-state index in [1.54, 1.807) is 12.1 Å². The van der Waals surface area contributed by atoms with Gasteiger partial charge in [0.1, 0.15) is 5.82 Å². The predicted octanol–water partition coefficient (Wildman–Crippen LogP) is 1.30. The van der Waals surface area contributed by atoms with Gasteiger partial charge in [-0.1, -0.05) is 12.1 Å². The minimum Gasteiger partial charge on any atom is -0.438 e. The highest BCUT2D eigenvalue weighted by molar-refractivity contribution is 7.89. The van der Waals surface area contributed by atoms with E-state index in [1.807, 2.05) is 0 Å². The topological polar surface area (TPSA) is 88.4 Å². The second kappa shape index (κ2) is 6.71. The Morgan fingerprint density at radius 2 is 2.05 bits per heavy atom. The summed E-state index contributed by atoms with van der Waals surface area (Å²) in [7, 11) is -2.47. The fourth-order valence-corrected chi connectivity index (χ4v) is 2.44. The molecule has 0 aliphatic carbocycles. The maximum Gasteiger partial charge on any atom is 0.287 e. The van der Waals surface area contributed by atoms with E-state index < -0.39 is 15.9 Å². The van der Waals surface area contributed by atoms with E-state index in [2.05, 4.69) is 10.0 Å². The SMILES string of the molecule is CNS(=O)(=O)c1ccc(C(=O)NCCc2cccc(F)c2)o1. The maximum atomic E-state index is 13.0. The smallest absolute Gasteiger partial charge is 0.287 e. The van der Waals surface area contributed by atoms with Gasteiger partial charge in [0, 0.05) is 6.54 Å². The fourth-order valence-electron chi connectivity index (χ4n) is 1.79. The lowest BCUT2D eigenvalue weighted by Crippen LogP contribution is -2.25. The highest BCUT2D eigenvalue weighted by Gasteiger charge is 2.19. The molecule has 8 heteroatoms. The summed E-state index contributed by atoms with van der Waals surface area (Å²) in [6.07, 6.45) is 0.450. The van der Waals surface area contributed by atoms with Crippen molar-refractivity contribution in [2.24, 2.45) is 0 Å². The van der Waals surface area contributed by atoms with Crippen molar-refractivity contribution in [1.29, 1.82) is 0 Å². The van der Waals surface area contributed by atoms with Crippen molar-refractivity contribution in [3.05, 3.63) is 53.5 Å². The maximum absolute atomic E-state index is 13.0. The van der Waals surface area contributed by atoms with E-state index in [4.69, 9.17) is 4.42 Å². The van der Waals surface area contributed by atoms with Crippen LogP contribution in [0.25, 0.3) is 0 Å². The van der Waals surface area contributed by atoms with Crippen molar-refractivity contribution in [3.63, 3.8) is 0 Å². The Hall–Kier alpha value is -2.19. The van der Waals surface area contributed by atoms with Gasteiger partial charge in [0.15, 0.2) is 5.76 Å². The average Bonchev–Trinajstić information content (AvgIpc) is 2.98. The van der Waals surface area contributed by atoms with Crippen LogP contribution in [-0.2, 0) is 16.4 Å². The minimum absolute atomic E-state index is 0.104. The summed E-state index contributed by atoms with van der Waals surface area (Å²) in [5.74, 6) is -0.973. The number of amides is 1. The molecular weight excluding hydrogens is 311 g/mol. The first-order chi connectivity index (χ1) is 10.4. The van der Waals surface area contributed by atoms with Crippen LogP contribution < -0.4 is 10.0 Å². The lowest BCUT2D eigenvalue weighted by Gasteiger charge is -2.04. The summed E-state index contributed by atoms with van der Waals surface area (Å²) >= 11 is 0. The molecule has 0 bridgehead atoms. The van der Waals surface area contributed by atoms with Crippen molar-refractivity contribution in [1.82, 2.24) is 10.0 Å². The molecule has 2 rings (SSSR count). The Bertz CT molecular complexity index is 771. The number of hydrogen-bond acceptors (Lipinski definition) is 4. The second-order valence-electron chi connectivity index (χ2n) is 4.46. The molecule has 1 amide bonds. The van der Waals surface area contributed by atoms with Crippen LogP contribution in [-0.4, -0.2) is 27.9 Å². The molecule has 0 aliphatic heterocycles. The third-order valence-corrected chi connectivity index (χ3v) is 4.21. The Kier molecular flexibility index (Phi) is 4.94. The van der Waals surface area contributed by atoms with Crippen LogP contribution in [0, 0.1) is 5.82 Å². The molecule has 2 N–H and O–H groups in total. The molecule has 1 aromatic heterocycles. The highest BCUT2D eigenvalue weighted by Crippen LogP contribution is 2.13. The lowest BCUT2D eigenvalue weighted by molar-refractivity contribution is 0.0921. The molecular formula is C14H15FN2O4S. The molecule has 2 aromatic rings. The molecule has 0 saturated heterocycles. The molecule has 0 aliphatic rings. The van der Waals surface area contributed by atoms with Crippen molar-refractivity contribution >= 4 is 15.9 Å². The fraction of sp³-hybridized carbons (Fsp3) is 0.214. The molecule has 0 spiro atoms. The first kappa shape index (κ1) is 16.2. The first-order valence-corrected chi connectivity index (χ1v) is 7.97. The van der Waals surface area contributed by atoms with E-state index in [0.717, 1.165) is 5.56 Å². The Balaban J connectivity index is 1.93. The number of hydrogen-bond donors (Lipinski definition) is 2. The monoisotopic (exact) mass is 326 g/mol. The predicted molar refractivity (Wildman–Crippen MR) is 77.4 cm³/mol. The molecule has 118 valence electrons. The number of furan rings is 1. The number of carbonyl (C=O) groups is 1. The summed E-state index contributed by atoms with van der Waals surface area (Å²) in [6.45, 7) is 0.275. The summed E-state index contributed by atoms with van der Waals surface area (Å²) in [4.78, 5) is 11.8. The third-order valence-electron chi connectivity index (χ3n) is 2.93. The van der Waals surface area contributed by atoms with Crippen molar-refractivity contribution in [3.8, 4) is 0 Å². The summed E-state index contributed by atoms with van der Waals surface area (Å²) in [5, 5.41) is 2.25. The number of halogens is 1. The molecule has 1 heterocycles. The van der Waals surface area contributed by atoms with Crippen molar-refractivity contribution in [2.45, 2.75) is 11.5 Å². The normalized spacial score (nSPS) is 11.4. The van der Waals surface area contributed by atoms with Gasteiger partial charge in [0.2, 0.25) is 5.09 Å². The van der Waals surface area contributed by atoms with E-state index in [9.17, 15) is 17.6 Å².